The fraction of sp³-hybridized carbons (Fsp3) is 0.308. The quantitative estimate of drug-likeness (QED) is 0.848. The summed E-state index contributed by atoms with van der Waals surface area (Å²) >= 11 is 0. The molecule has 0 saturated carbocycles. The summed E-state index contributed by atoms with van der Waals surface area (Å²) in [7, 11) is 0. The van der Waals surface area contributed by atoms with Crippen molar-refractivity contribution in [2.24, 2.45) is 5.73 Å². The molecule has 1 heterocycles. The zero-order chi connectivity index (χ0) is 13.7. The van der Waals surface area contributed by atoms with Crippen LogP contribution in [0.4, 0.5) is 5.69 Å². The van der Waals surface area contributed by atoms with E-state index >= 15 is 0 Å². The first kappa shape index (κ1) is 13.2. The number of carbonyl (C=O) groups excluding carboxylic acids is 1. The van der Waals surface area contributed by atoms with E-state index in [2.05, 4.69) is 15.6 Å². The van der Waals surface area contributed by atoms with Gasteiger partial charge in [-0.05, 0) is 25.5 Å². The van der Waals surface area contributed by atoms with Crippen LogP contribution in [0, 0.1) is 0 Å². The highest BCUT2D eigenvalue weighted by Crippen LogP contribution is 2.18. The molecule has 1 aromatic heterocycles. The van der Waals surface area contributed by atoms with Crippen molar-refractivity contribution in [3.63, 3.8) is 0 Å². The number of benzene rings is 1. The van der Waals surface area contributed by atoms with Crippen molar-refractivity contribution in [3.8, 4) is 5.69 Å². The Hall–Kier alpha value is -2.21. The van der Waals surface area contributed by atoms with E-state index in [1.54, 1.807) is 17.1 Å². The maximum absolute atomic E-state index is 11.8. The molecular formula is C13H17N5O. The zero-order valence-corrected chi connectivity index (χ0v) is 10.8. The molecule has 1 aromatic carbocycles. The Kier molecular flexibility index (Phi) is 4.25. The minimum Gasteiger partial charge on any atom is -0.328 e. The van der Waals surface area contributed by atoms with Gasteiger partial charge in [-0.1, -0.05) is 17.3 Å². The molecular weight excluding hydrogens is 242 g/mol. The standard InChI is InChI=1S/C13H17N5O/c1-10(14)6-7-13(19)16-11-4-2-3-5-12(11)18-9-8-15-17-18/h2-5,8-10H,6-7,14H2,1H3,(H,16,19). The van der Waals surface area contributed by atoms with Crippen LogP contribution in [-0.4, -0.2) is 26.9 Å². The Morgan fingerprint density at radius 1 is 1.47 bits per heavy atom. The molecule has 6 heteroatoms. The maximum Gasteiger partial charge on any atom is 0.224 e. The number of nitrogens with zero attached hydrogens (tertiary/aromatic N) is 3. The molecule has 3 N–H and O–H groups in total. The van der Waals surface area contributed by atoms with E-state index in [0.717, 1.165) is 5.69 Å². The van der Waals surface area contributed by atoms with Crippen LogP contribution >= 0.6 is 0 Å². The van der Waals surface area contributed by atoms with Crippen molar-refractivity contribution in [1.82, 2.24) is 15.0 Å². The van der Waals surface area contributed by atoms with Crippen LogP contribution in [0.15, 0.2) is 36.7 Å². The second-order valence-electron chi connectivity index (χ2n) is 4.43. The van der Waals surface area contributed by atoms with Crippen molar-refractivity contribution in [2.45, 2.75) is 25.8 Å². The summed E-state index contributed by atoms with van der Waals surface area (Å²) < 4.78 is 1.61. The Labute approximate surface area is 111 Å². The van der Waals surface area contributed by atoms with Crippen LogP contribution in [0.3, 0.4) is 0 Å². The molecule has 0 bridgehead atoms. The summed E-state index contributed by atoms with van der Waals surface area (Å²) in [6.07, 6.45) is 4.39. The minimum absolute atomic E-state index is 0.0244. The number of para-hydroxylation sites is 2. The summed E-state index contributed by atoms with van der Waals surface area (Å²) in [5, 5.41) is 10.6. The first-order valence-corrected chi connectivity index (χ1v) is 6.18. The Morgan fingerprint density at radius 3 is 2.95 bits per heavy atom. The monoisotopic (exact) mass is 259 g/mol. The average molecular weight is 259 g/mol. The Bertz CT molecular complexity index is 536. The molecule has 0 aliphatic heterocycles. The fourth-order valence-electron chi connectivity index (χ4n) is 1.69. The van der Waals surface area contributed by atoms with Gasteiger partial charge in [-0.15, -0.1) is 5.10 Å². The summed E-state index contributed by atoms with van der Waals surface area (Å²) in [4.78, 5) is 11.8. The summed E-state index contributed by atoms with van der Waals surface area (Å²) in [6.45, 7) is 1.89. The summed E-state index contributed by atoms with van der Waals surface area (Å²) in [6, 6.07) is 7.48. The molecule has 0 spiro atoms. The minimum atomic E-state index is -0.0511. The van der Waals surface area contributed by atoms with Crippen LogP contribution in [0.2, 0.25) is 0 Å². The first-order valence-electron chi connectivity index (χ1n) is 6.18. The third-order valence-electron chi connectivity index (χ3n) is 2.67. The van der Waals surface area contributed by atoms with Crippen LogP contribution in [0.1, 0.15) is 19.8 Å². The predicted octanol–water partition coefficient (Wildman–Crippen LogP) is 1.33. The lowest BCUT2D eigenvalue weighted by molar-refractivity contribution is -0.116. The van der Waals surface area contributed by atoms with Crippen molar-refractivity contribution in [1.29, 1.82) is 0 Å². The van der Waals surface area contributed by atoms with Gasteiger partial charge in [0.05, 0.1) is 23.8 Å². The van der Waals surface area contributed by atoms with Gasteiger partial charge in [-0.2, -0.15) is 0 Å². The lowest BCUT2D eigenvalue weighted by Crippen LogP contribution is -2.20. The Balaban J connectivity index is 2.10. The number of hydrogen-bond donors (Lipinski definition) is 2. The van der Waals surface area contributed by atoms with Gasteiger partial charge in [0, 0.05) is 12.5 Å². The molecule has 0 saturated heterocycles. The number of nitrogens with one attached hydrogen (secondary N) is 1. The van der Waals surface area contributed by atoms with Crippen molar-refractivity contribution < 1.29 is 4.79 Å². The molecule has 1 unspecified atom stereocenters. The molecule has 0 aliphatic carbocycles. The first-order chi connectivity index (χ1) is 9.16. The molecule has 100 valence electrons. The topological polar surface area (TPSA) is 85.8 Å². The van der Waals surface area contributed by atoms with Crippen LogP contribution in [-0.2, 0) is 4.79 Å². The second-order valence-corrected chi connectivity index (χ2v) is 4.43. The number of carbonyl (C=O) groups is 1. The SMILES string of the molecule is CC(N)CCC(=O)Nc1ccccc1-n1ccnn1. The van der Waals surface area contributed by atoms with Crippen molar-refractivity contribution in [2.75, 3.05) is 5.32 Å². The van der Waals surface area contributed by atoms with Gasteiger partial charge in [-0.3, -0.25) is 4.79 Å². The summed E-state index contributed by atoms with van der Waals surface area (Å²) in [5.74, 6) is -0.0511. The molecule has 6 nitrogen and oxygen atoms in total. The highest BCUT2D eigenvalue weighted by molar-refractivity contribution is 5.92. The molecule has 0 radical (unpaired) electrons. The number of anilines is 1. The molecule has 0 fully saturated rings. The van der Waals surface area contributed by atoms with Gasteiger partial charge in [-0.25, -0.2) is 4.68 Å². The Morgan fingerprint density at radius 2 is 2.26 bits per heavy atom. The van der Waals surface area contributed by atoms with Gasteiger partial charge < -0.3 is 11.1 Å². The van der Waals surface area contributed by atoms with Crippen molar-refractivity contribution >= 4 is 11.6 Å². The third kappa shape index (κ3) is 3.62. The molecule has 2 aromatic rings. The van der Waals surface area contributed by atoms with Gasteiger partial charge in [0.25, 0.3) is 0 Å². The maximum atomic E-state index is 11.8. The number of aromatic nitrogens is 3. The highest BCUT2D eigenvalue weighted by atomic mass is 16.1. The van der Waals surface area contributed by atoms with E-state index in [4.69, 9.17) is 5.73 Å². The van der Waals surface area contributed by atoms with E-state index < -0.39 is 0 Å². The van der Waals surface area contributed by atoms with E-state index in [1.807, 2.05) is 31.2 Å². The second kappa shape index (κ2) is 6.10. The van der Waals surface area contributed by atoms with Gasteiger partial charge in [0.2, 0.25) is 5.91 Å². The van der Waals surface area contributed by atoms with E-state index in [0.29, 0.717) is 18.5 Å². The van der Waals surface area contributed by atoms with Crippen LogP contribution in [0.25, 0.3) is 5.69 Å². The fourth-order valence-corrected chi connectivity index (χ4v) is 1.69. The zero-order valence-electron chi connectivity index (χ0n) is 10.8. The normalized spacial score (nSPS) is 12.1. The lowest BCUT2D eigenvalue weighted by Gasteiger charge is -2.11. The van der Waals surface area contributed by atoms with E-state index in [1.165, 1.54) is 0 Å². The van der Waals surface area contributed by atoms with Crippen LogP contribution < -0.4 is 11.1 Å². The smallest absolute Gasteiger partial charge is 0.224 e. The largest absolute Gasteiger partial charge is 0.328 e. The number of nitrogens with two attached hydrogens (primary N) is 1. The third-order valence-corrected chi connectivity index (χ3v) is 2.67. The number of hydrogen-bond acceptors (Lipinski definition) is 4. The van der Waals surface area contributed by atoms with Gasteiger partial charge in [0.1, 0.15) is 0 Å². The average Bonchev–Trinajstić information content (AvgIpc) is 2.91. The van der Waals surface area contributed by atoms with Crippen molar-refractivity contribution in [3.05, 3.63) is 36.7 Å². The molecule has 2 rings (SSSR count). The summed E-state index contributed by atoms with van der Waals surface area (Å²) in [5.41, 5.74) is 7.14. The van der Waals surface area contributed by atoms with E-state index in [9.17, 15) is 4.79 Å². The number of amides is 1. The van der Waals surface area contributed by atoms with Gasteiger partial charge in [0.15, 0.2) is 0 Å². The highest BCUT2D eigenvalue weighted by Gasteiger charge is 2.09. The van der Waals surface area contributed by atoms with E-state index in [-0.39, 0.29) is 11.9 Å². The number of rotatable bonds is 5. The molecule has 1 amide bonds. The molecule has 0 aliphatic rings. The predicted molar refractivity (Wildman–Crippen MR) is 72.9 cm³/mol. The molecule has 1 atom stereocenters. The van der Waals surface area contributed by atoms with Gasteiger partial charge >= 0.3 is 0 Å². The molecule has 19 heavy (non-hydrogen) atoms. The van der Waals surface area contributed by atoms with Crippen LogP contribution in [0.5, 0.6) is 0 Å². The lowest BCUT2D eigenvalue weighted by atomic mass is 10.2.